The van der Waals surface area contributed by atoms with Gasteiger partial charge in [0, 0.05) is 6.04 Å². The van der Waals surface area contributed by atoms with Crippen LogP contribution in [0.1, 0.15) is 39.7 Å². The summed E-state index contributed by atoms with van der Waals surface area (Å²) in [5, 5.41) is 12.0. The summed E-state index contributed by atoms with van der Waals surface area (Å²) in [6.07, 6.45) is 10.5. The molecule has 0 radical (unpaired) electrons. The first-order valence-electron chi connectivity index (χ1n) is 11.0. The number of hydrogen-bond acceptors (Lipinski definition) is 2. The summed E-state index contributed by atoms with van der Waals surface area (Å²) in [5.41, 5.74) is 2.07. The quantitative estimate of drug-likeness (QED) is 0.421. The number of hydrogen-bond donors (Lipinski definition) is 2. The molecule has 2 atom stereocenters. The van der Waals surface area contributed by atoms with Crippen LogP contribution in [0.25, 0.3) is 11.1 Å². The lowest BCUT2D eigenvalue weighted by Gasteiger charge is -2.14. The molecule has 32 heavy (non-hydrogen) atoms. The smallest absolute Gasteiger partial charge is 0.318 e. The second-order valence-electron chi connectivity index (χ2n) is 7.43. The van der Waals surface area contributed by atoms with Crippen LogP contribution in [0.2, 0.25) is 0 Å². The molecule has 0 unspecified atom stereocenters. The standard InChI is InChI=1S/C19H19NO3.C7H10.C2H6/c1-19(18(22)23)12-16(20-17(19)21)11-13-7-9-15(10-8-13)14-5-3-2-4-6-14;1-3-5-7-6-4-2;1-2/h2-10,16H,11-12H2,1H3,(H,20,21)(H,22,23);3-7H,1H2,2H3;1-2H3/b;6-4-,7-5-;/t16-,19-;;/m1../s1. The van der Waals surface area contributed by atoms with Crippen LogP contribution in [-0.4, -0.2) is 23.0 Å². The minimum Gasteiger partial charge on any atom is -0.480 e. The zero-order chi connectivity index (χ0) is 24.0. The number of rotatable bonds is 6. The molecule has 2 aromatic carbocycles. The number of carbonyl (C=O) groups excluding carboxylic acids is 1. The predicted octanol–water partition coefficient (Wildman–Crippen LogP) is 6.21. The summed E-state index contributed by atoms with van der Waals surface area (Å²) < 4.78 is 0. The van der Waals surface area contributed by atoms with Crippen molar-refractivity contribution >= 4 is 11.9 Å². The van der Waals surface area contributed by atoms with Gasteiger partial charge in [0.1, 0.15) is 5.41 Å². The minimum absolute atomic E-state index is 0.133. The van der Waals surface area contributed by atoms with Gasteiger partial charge in [0.05, 0.1) is 0 Å². The number of allylic oxidation sites excluding steroid dienone is 5. The first-order chi connectivity index (χ1) is 15.4. The molecule has 1 fully saturated rings. The number of carboxylic acid groups (broad SMARTS) is 1. The third kappa shape index (κ3) is 7.69. The van der Waals surface area contributed by atoms with Crippen molar-refractivity contribution < 1.29 is 14.7 Å². The summed E-state index contributed by atoms with van der Waals surface area (Å²) in [6.45, 7) is 11.0. The van der Waals surface area contributed by atoms with Crippen LogP contribution in [0.4, 0.5) is 0 Å². The van der Waals surface area contributed by atoms with E-state index in [0.717, 1.165) is 16.7 Å². The van der Waals surface area contributed by atoms with Crippen LogP contribution in [-0.2, 0) is 16.0 Å². The fraction of sp³-hybridized carbons (Fsp3) is 0.286. The molecule has 1 saturated heterocycles. The van der Waals surface area contributed by atoms with E-state index in [1.54, 1.807) is 6.08 Å². The number of nitrogens with one attached hydrogen (secondary N) is 1. The van der Waals surface area contributed by atoms with Crippen LogP contribution < -0.4 is 5.32 Å². The molecule has 2 aromatic rings. The maximum atomic E-state index is 11.9. The highest BCUT2D eigenvalue weighted by molar-refractivity contribution is 6.03. The van der Waals surface area contributed by atoms with E-state index in [0.29, 0.717) is 12.8 Å². The number of amides is 1. The molecule has 0 saturated carbocycles. The van der Waals surface area contributed by atoms with E-state index < -0.39 is 17.3 Å². The summed E-state index contributed by atoms with van der Waals surface area (Å²) in [5.74, 6) is -1.45. The molecule has 1 aliphatic heterocycles. The SMILES string of the molecule is C=C/C=C\C=C/C.CC.C[C@@]1(C(=O)O)C[C@@H](Cc2ccc(-c3ccccc3)cc2)NC1=O. The molecule has 170 valence electrons. The Kier molecular flexibility index (Phi) is 11.5. The van der Waals surface area contributed by atoms with Crippen molar-refractivity contribution in [2.75, 3.05) is 0 Å². The van der Waals surface area contributed by atoms with Crippen LogP contribution in [0, 0.1) is 5.41 Å². The molecule has 0 aromatic heterocycles. The molecule has 2 N–H and O–H groups in total. The van der Waals surface area contributed by atoms with Gasteiger partial charge in [-0.3, -0.25) is 9.59 Å². The first-order valence-corrected chi connectivity index (χ1v) is 11.0. The molecule has 1 heterocycles. The van der Waals surface area contributed by atoms with Gasteiger partial charge in [-0.15, -0.1) is 0 Å². The minimum atomic E-state index is -1.31. The van der Waals surface area contributed by atoms with Crippen molar-refractivity contribution in [2.45, 2.75) is 46.6 Å². The van der Waals surface area contributed by atoms with Gasteiger partial charge in [-0.2, -0.15) is 0 Å². The van der Waals surface area contributed by atoms with E-state index in [9.17, 15) is 14.7 Å². The van der Waals surface area contributed by atoms with E-state index in [1.165, 1.54) is 6.92 Å². The lowest BCUT2D eigenvalue weighted by Crippen LogP contribution is -2.36. The van der Waals surface area contributed by atoms with E-state index in [1.807, 2.05) is 75.4 Å². The van der Waals surface area contributed by atoms with E-state index in [2.05, 4.69) is 36.2 Å². The summed E-state index contributed by atoms with van der Waals surface area (Å²) in [6, 6.07) is 18.2. The van der Waals surface area contributed by atoms with Gasteiger partial charge >= 0.3 is 5.97 Å². The number of carbonyl (C=O) groups is 2. The molecule has 0 spiro atoms. The second kappa shape index (κ2) is 13.8. The Hall–Kier alpha value is -3.40. The summed E-state index contributed by atoms with van der Waals surface area (Å²) >= 11 is 0. The Bertz CT molecular complexity index is 913. The molecule has 3 rings (SSSR count). The van der Waals surface area contributed by atoms with Crippen molar-refractivity contribution in [2.24, 2.45) is 5.41 Å². The summed E-state index contributed by atoms with van der Waals surface area (Å²) in [4.78, 5) is 23.2. The number of carboxylic acids is 1. The van der Waals surface area contributed by atoms with Crippen molar-refractivity contribution in [3.63, 3.8) is 0 Å². The molecule has 1 amide bonds. The third-order valence-electron chi connectivity index (χ3n) is 5.06. The highest BCUT2D eigenvalue weighted by Gasteiger charge is 2.48. The molecular formula is C28H35NO3. The van der Waals surface area contributed by atoms with Crippen molar-refractivity contribution in [1.29, 1.82) is 0 Å². The molecule has 0 bridgehead atoms. The van der Waals surface area contributed by atoms with Crippen LogP contribution in [0.3, 0.4) is 0 Å². The van der Waals surface area contributed by atoms with Crippen LogP contribution >= 0.6 is 0 Å². The van der Waals surface area contributed by atoms with Crippen molar-refractivity contribution in [1.82, 2.24) is 5.32 Å². The fourth-order valence-corrected chi connectivity index (χ4v) is 3.29. The van der Waals surface area contributed by atoms with Crippen molar-refractivity contribution in [3.05, 3.63) is 97.1 Å². The Balaban J connectivity index is 0.000000488. The largest absolute Gasteiger partial charge is 0.480 e. The Morgan fingerprint density at radius 3 is 2.16 bits per heavy atom. The predicted molar refractivity (Wildman–Crippen MR) is 133 cm³/mol. The van der Waals surface area contributed by atoms with Crippen LogP contribution in [0.15, 0.2) is 91.6 Å². The van der Waals surface area contributed by atoms with Gasteiger partial charge in [-0.05, 0) is 43.4 Å². The molecule has 0 aliphatic carbocycles. The van der Waals surface area contributed by atoms with Gasteiger partial charge in [-0.1, -0.05) is 105 Å². The number of benzene rings is 2. The normalized spacial score (nSPS) is 19.5. The highest BCUT2D eigenvalue weighted by atomic mass is 16.4. The lowest BCUT2D eigenvalue weighted by atomic mass is 9.86. The molecular weight excluding hydrogens is 398 g/mol. The van der Waals surface area contributed by atoms with Gasteiger partial charge in [0.2, 0.25) is 5.91 Å². The van der Waals surface area contributed by atoms with Gasteiger partial charge in [-0.25, -0.2) is 0 Å². The molecule has 4 heteroatoms. The second-order valence-corrected chi connectivity index (χ2v) is 7.43. The van der Waals surface area contributed by atoms with Crippen molar-refractivity contribution in [3.8, 4) is 11.1 Å². The monoisotopic (exact) mass is 433 g/mol. The Morgan fingerprint density at radius 2 is 1.66 bits per heavy atom. The van der Waals surface area contributed by atoms with Gasteiger partial charge in [0.15, 0.2) is 0 Å². The van der Waals surface area contributed by atoms with E-state index >= 15 is 0 Å². The number of aliphatic carboxylic acids is 1. The highest BCUT2D eigenvalue weighted by Crippen LogP contribution is 2.31. The Labute approximate surface area is 192 Å². The first kappa shape index (κ1) is 26.6. The maximum Gasteiger partial charge on any atom is 0.318 e. The average molecular weight is 434 g/mol. The molecule has 1 aliphatic rings. The molecule has 4 nitrogen and oxygen atoms in total. The summed E-state index contributed by atoms with van der Waals surface area (Å²) in [7, 11) is 0. The average Bonchev–Trinajstić information content (AvgIpc) is 3.11. The Morgan fingerprint density at radius 1 is 1.06 bits per heavy atom. The topological polar surface area (TPSA) is 66.4 Å². The van der Waals surface area contributed by atoms with Gasteiger partial charge in [0.25, 0.3) is 0 Å². The zero-order valence-electron chi connectivity index (χ0n) is 19.5. The van der Waals surface area contributed by atoms with E-state index in [-0.39, 0.29) is 6.04 Å². The zero-order valence-corrected chi connectivity index (χ0v) is 19.5. The fourth-order valence-electron chi connectivity index (χ4n) is 3.29. The van der Waals surface area contributed by atoms with Gasteiger partial charge < -0.3 is 10.4 Å². The van der Waals surface area contributed by atoms with Crippen LogP contribution in [0.5, 0.6) is 0 Å². The van der Waals surface area contributed by atoms with E-state index in [4.69, 9.17) is 0 Å². The lowest BCUT2D eigenvalue weighted by molar-refractivity contribution is -0.152. The maximum absolute atomic E-state index is 11.9. The third-order valence-corrected chi connectivity index (χ3v) is 5.06.